The second-order valence-corrected chi connectivity index (χ2v) is 6.08. The lowest BCUT2D eigenvalue weighted by Gasteiger charge is -2.25. The number of amides is 1. The summed E-state index contributed by atoms with van der Waals surface area (Å²) >= 11 is 3.31. The summed E-state index contributed by atoms with van der Waals surface area (Å²) in [7, 11) is 0. The van der Waals surface area contributed by atoms with E-state index in [0.29, 0.717) is 6.42 Å². The van der Waals surface area contributed by atoms with Gasteiger partial charge in [0.05, 0.1) is 11.7 Å². The highest BCUT2D eigenvalue weighted by molar-refractivity contribution is 9.10. The molecule has 0 spiro atoms. The molecule has 1 rings (SSSR count). The van der Waals surface area contributed by atoms with E-state index in [1.54, 1.807) is 6.20 Å². The molecule has 0 saturated carbocycles. The first-order valence-electron chi connectivity index (χ1n) is 5.39. The molecule has 0 fully saturated rings. The zero-order chi connectivity index (χ0) is 13.1. The molecule has 94 valence electrons. The van der Waals surface area contributed by atoms with E-state index in [1.807, 2.05) is 12.1 Å². The number of pyridine rings is 1. The van der Waals surface area contributed by atoms with Crippen molar-refractivity contribution in [3.05, 3.63) is 28.5 Å². The van der Waals surface area contributed by atoms with Crippen LogP contribution in [-0.4, -0.2) is 16.2 Å². The predicted octanol–water partition coefficient (Wildman–Crippen LogP) is 3.59. The zero-order valence-corrected chi connectivity index (χ0v) is 11.8. The Morgan fingerprint density at radius 3 is 2.59 bits per heavy atom. The van der Waals surface area contributed by atoms with E-state index >= 15 is 0 Å². The maximum absolute atomic E-state index is 10.8. The highest BCUT2D eigenvalue weighted by Gasteiger charge is 2.22. The van der Waals surface area contributed by atoms with Gasteiger partial charge in [0.2, 0.25) is 0 Å². The van der Waals surface area contributed by atoms with Crippen LogP contribution in [0.4, 0.5) is 4.79 Å². The molecular weight excluding hydrogens is 284 g/mol. The minimum absolute atomic E-state index is 0.0296. The van der Waals surface area contributed by atoms with E-state index in [4.69, 9.17) is 5.11 Å². The van der Waals surface area contributed by atoms with Gasteiger partial charge in [-0.3, -0.25) is 4.98 Å². The Morgan fingerprint density at radius 2 is 2.18 bits per heavy atom. The normalized spacial score (nSPS) is 13.2. The Balaban J connectivity index is 2.89. The fourth-order valence-corrected chi connectivity index (χ4v) is 1.82. The Bertz CT molecular complexity index is 384. The average molecular weight is 301 g/mol. The molecular formula is C12H17BrN2O2. The van der Waals surface area contributed by atoms with Crippen LogP contribution in [0.2, 0.25) is 0 Å². The summed E-state index contributed by atoms with van der Waals surface area (Å²) in [5, 5.41) is 11.4. The fraction of sp³-hybridized carbons (Fsp3) is 0.500. The lowest BCUT2D eigenvalue weighted by molar-refractivity contribution is 0.184. The van der Waals surface area contributed by atoms with Gasteiger partial charge >= 0.3 is 6.09 Å². The Hall–Kier alpha value is -1.10. The van der Waals surface area contributed by atoms with Gasteiger partial charge in [0, 0.05) is 10.7 Å². The van der Waals surface area contributed by atoms with Crippen LogP contribution < -0.4 is 5.32 Å². The van der Waals surface area contributed by atoms with E-state index in [2.05, 4.69) is 47.0 Å². The summed E-state index contributed by atoms with van der Waals surface area (Å²) in [6, 6.07) is 3.42. The number of nitrogens with one attached hydrogen (secondary N) is 1. The van der Waals surface area contributed by atoms with Crippen molar-refractivity contribution >= 4 is 22.0 Å². The lowest BCUT2D eigenvalue weighted by Crippen LogP contribution is -2.30. The van der Waals surface area contributed by atoms with Crippen molar-refractivity contribution in [2.75, 3.05) is 0 Å². The number of carbonyl (C=O) groups is 1. The SMILES string of the molecule is CC(C)(C)C[C@H](NC(=O)O)c1ccc(Br)cn1. The summed E-state index contributed by atoms with van der Waals surface area (Å²) < 4.78 is 0.881. The lowest BCUT2D eigenvalue weighted by atomic mass is 9.87. The average Bonchev–Trinajstić information content (AvgIpc) is 2.14. The first-order valence-corrected chi connectivity index (χ1v) is 6.18. The van der Waals surface area contributed by atoms with Crippen LogP contribution in [0.5, 0.6) is 0 Å². The minimum atomic E-state index is -1.02. The van der Waals surface area contributed by atoms with E-state index in [9.17, 15) is 4.79 Å². The molecule has 17 heavy (non-hydrogen) atoms. The number of carboxylic acid groups (broad SMARTS) is 1. The smallest absolute Gasteiger partial charge is 0.405 e. The molecule has 0 aliphatic heterocycles. The van der Waals surface area contributed by atoms with Crippen molar-refractivity contribution in [2.24, 2.45) is 5.41 Å². The second-order valence-electron chi connectivity index (χ2n) is 5.17. The number of rotatable bonds is 3. The van der Waals surface area contributed by atoms with Gasteiger partial charge in [-0.15, -0.1) is 0 Å². The molecule has 1 aromatic rings. The summed E-state index contributed by atoms with van der Waals surface area (Å²) in [5.41, 5.74) is 0.771. The number of halogens is 1. The zero-order valence-electron chi connectivity index (χ0n) is 10.2. The van der Waals surface area contributed by atoms with Crippen molar-refractivity contribution in [3.8, 4) is 0 Å². The topological polar surface area (TPSA) is 62.2 Å². The van der Waals surface area contributed by atoms with E-state index < -0.39 is 6.09 Å². The largest absolute Gasteiger partial charge is 0.465 e. The van der Waals surface area contributed by atoms with Crippen LogP contribution in [0.25, 0.3) is 0 Å². The first-order chi connectivity index (χ1) is 7.78. The molecule has 0 saturated heterocycles. The molecule has 0 aliphatic carbocycles. The van der Waals surface area contributed by atoms with Gasteiger partial charge in [-0.2, -0.15) is 0 Å². The monoisotopic (exact) mass is 300 g/mol. The minimum Gasteiger partial charge on any atom is -0.465 e. The molecule has 5 heteroatoms. The van der Waals surface area contributed by atoms with Gasteiger partial charge in [0.1, 0.15) is 0 Å². The van der Waals surface area contributed by atoms with Crippen LogP contribution >= 0.6 is 15.9 Å². The van der Waals surface area contributed by atoms with Crippen molar-refractivity contribution in [3.63, 3.8) is 0 Å². The van der Waals surface area contributed by atoms with Crippen molar-refractivity contribution < 1.29 is 9.90 Å². The summed E-state index contributed by atoms with van der Waals surface area (Å²) in [4.78, 5) is 15.0. The molecule has 0 bridgehead atoms. The number of nitrogens with zero attached hydrogens (tertiary/aromatic N) is 1. The second kappa shape index (κ2) is 5.49. The number of aromatic nitrogens is 1. The molecule has 0 aliphatic rings. The predicted molar refractivity (Wildman–Crippen MR) is 69.9 cm³/mol. The summed E-state index contributed by atoms with van der Waals surface area (Å²) in [5.74, 6) is 0. The van der Waals surface area contributed by atoms with Gasteiger partial charge in [0.25, 0.3) is 0 Å². The number of hydrogen-bond donors (Lipinski definition) is 2. The van der Waals surface area contributed by atoms with Gasteiger partial charge in [0.15, 0.2) is 0 Å². The van der Waals surface area contributed by atoms with Crippen molar-refractivity contribution in [1.82, 2.24) is 10.3 Å². The van der Waals surface area contributed by atoms with Gasteiger partial charge in [-0.1, -0.05) is 20.8 Å². The molecule has 0 aromatic carbocycles. The van der Waals surface area contributed by atoms with Crippen LogP contribution in [0.15, 0.2) is 22.8 Å². The van der Waals surface area contributed by atoms with E-state index in [0.717, 1.165) is 10.2 Å². The van der Waals surface area contributed by atoms with Crippen molar-refractivity contribution in [1.29, 1.82) is 0 Å². The summed E-state index contributed by atoms with van der Waals surface area (Å²) in [6.45, 7) is 6.22. The third kappa shape index (κ3) is 5.17. The highest BCUT2D eigenvalue weighted by atomic mass is 79.9. The maximum Gasteiger partial charge on any atom is 0.405 e. The summed E-state index contributed by atoms with van der Waals surface area (Å²) in [6.07, 6.45) is 1.35. The fourth-order valence-electron chi connectivity index (χ4n) is 1.58. The molecule has 2 N–H and O–H groups in total. The highest BCUT2D eigenvalue weighted by Crippen LogP contribution is 2.28. The van der Waals surface area contributed by atoms with Gasteiger partial charge < -0.3 is 10.4 Å². The number of hydrogen-bond acceptors (Lipinski definition) is 2. The molecule has 1 heterocycles. The Kier molecular flexibility index (Phi) is 4.51. The van der Waals surface area contributed by atoms with Gasteiger partial charge in [-0.25, -0.2) is 4.79 Å². The Morgan fingerprint density at radius 1 is 1.53 bits per heavy atom. The van der Waals surface area contributed by atoms with Crippen LogP contribution in [0, 0.1) is 5.41 Å². The quantitative estimate of drug-likeness (QED) is 0.897. The van der Waals surface area contributed by atoms with E-state index in [1.165, 1.54) is 0 Å². The van der Waals surface area contributed by atoms with Crippen LogP contribution in [0.1, 0.15) is 38.9 Å². The van der Waals surface area contributed by atoms with Crippen molar-refractivity contribution in [2.45, 2.75) is 33.2 Å². The van der Waals surface area contributed by atoms with Gasteiger partial charge in [-0.05, 0) is 39.9 Å². The Labute approximate surface area is 110 Å². The third-order valence-electron chi connectivity index (χ3n) is 2.22. The first kappa shape index (κ1) is 14.0. The molecule has 1 aromatic heterocycles. The van der Waals surface area contributed by atoms with E-state index in [-0.39, 0.29) is 11.5 Å². The van der Waals surface area contributed by atoms with Crippen LogP contribution in [0.3, 0.4) is 0 Å². The molecule has 0 unspecified atom stereocenters. The molecule has 0 radical (unpaired) electrons. The third-order valence-corrected chi connectivity index (χ3v) is 2.69. The molecule has 4 nitrogen and oxygen atoms in total. The molecule has 1 amide bonds. The maximum atomic E-state index is 10.8. The molecule has 1 atom stereocenters. The standard InChI is InChI=1S/C12H17BrN2O2/c1-12(2,3)6-10(15-11(16)17)9-5-4-8(13)7-14-9/h4-5,7,10,15H,6H2,1-3H3,(H,16,17)/t10-/m0/s1. The van der Waals surface area contributed by atoms with Crippen LogP contribution in [-0.2, 0) is 0 Å².